The Balaban J connectivity index is 0.00000166. The van der Waals surface area contributed by atoms with Crippen molar-refractivity contribution >= 4 is 23.4 Å². The summed E-state index contributed by atoms with van der Waals surface area (Å²) < 4.78 is 37.3. The van der Waals surface area contributed by atoms with Gasteiger partial charge < -0.3 is 15.2 Å². The number of nitrogens with zero attached hydrogens (tertiary/aromatic N) is 2. The molecule has 1 amide bonds. The number of anilines is 1. The Kier molecular flexibility index (Phi) is 6.97. The highest BCUT2D eigenvalue weighted by Gasteiger charge is 2.56. The second-order valence-electron chi connectivity index (χ2n) is 8.63. The largest absolute Gasteiger partial charge is 0.464 e. The number of methoxy groups -OCH3 is 1. The van der Waals surface area contributed by atoms with Crippen LogP contribution in [0, 0.1) is 5.41 Å². The second kappa shape index (κ2) is 8.80. The fraction of sp³-hybridized carbons (Fsp3) is 0.591. The maximum atomic E-state index is 13.6. The molecule has 1 aliphatic heterocycles. The summed E-state index contributed by atoms with van der Waals surface area (Å²) in [7, 11) is 1.22. The van der Waals surface area contributed by atoms with Crippen molar-refractivity contribution in [3.63, 3.8) is 0 Å². The van der Waals surface area contributed by atoms with Gasteiger partial charge in [0, 0.05) is 42.2 Å². The number of halogens is 2. The van der Waals surface area contributed by atoms with Gasteiger partial charge in [-0.05, 0) is 33.3 Å². The van der Waals surface area contributed by atoms with Crippen LogP contribution in [0.1, 0.15) is 69.9 Å². The molecule has 1 fully saturated rings. The molecule has 0 bridgehead atoms. The highest BCUT2D eigenvalue weighted by atomic mass is 19.3. The third kappa shape index (κ3) is 5.51. The van der Waals surface area contributed by atoms with Crippen LogP contribution in [0.3, 0.4) is 0 Å². The number of hydrogen-bond acceptors (Lipinski definition) is 6. The van der Waals surface area contributed by atoms with E-state index in [0.717, 1.165) is 0 Å². The Morgan fingerprint density at radius 3 is 2.32 bits per heavy atom. The summed E-state index contributed by atoms with van der Waals surface area (Å²) >= 11 is 0. The monoisotopic (exact) mass is 439 g/mol. The average Bonchev–Trinajstić information content (AvgIpc) is 2.65. The predicted molar refractivity (Wildman–Crippen MR) is 113 cm³/mol. The van der Waals surface area contributed by atoms with Gasteiger partial charge in [0.15, 0.2) is 0 Å². The van der Waals surface area contributed by atoms with Crippen LogP contribution in [-0.4, -0.2) is 47.1 Å². The average molecular weight is 440 g/mol. The summed E-state index contributed by atoms with van der Waals surface area (Å²) in [4.78, 5) is 29.9. The lowest BCUT2D eigenvalue weighted by atomic mass is 9.62. The maximum absolute atomic E-state index is 13.6. The SMILES string of the molecule is CC.COC(=O)c1cc(N)c(C2=CC3(CCN2C(=O)OC(C)(C)C)CC(F)(F)C3)cn1. The maximum Gasteiger partial charge on any atom is 0.414 e. The van der Waals surface area contributed by atoms with E-state index in [9.17, 15) is 18.4 Å². The van der Waals surface area contributed by atoms with Crippen molar-refractivity contribution in [2.75, 3.05) is 19.4 Å². The van der Waals surface area contributed by atoms with Crippen molar-refractivity contribution in [1.82, 2.24) is 9.88 Å². The molecule has 0 saturated heterocycles. The molecule has 0 aromatic carbocycles. The third-order valence-electron chi connectivity index (χ3n) is 5.01. The molecule has 1 aromatic heterocycles. The molecule has 0 radical (unpaired) electrons. The molecule has 0 atom stereocenters. The summed E-state index contributed by atoms with van der Waals surface area (Å²) in [5.41, 5.74) is 5.63. The van der Waals surface area contributed by atoms with Crippen LogP contribution in [-0.2, 0) is 9.47 Å². The molecule has 9 heteroatoms. The molecule has 1 aromatic rings. The number of nitrogens with two attached hydrogens (primary N) is 1. The quantitative estimate of drug-likeness (QED) is 0.661. The van der Waals surface area contributed by atoms with Crippen molar-refractivity contribution in [1.29, 1.82) is 0 Å². The van der Waals surface area contributed by atoms with E-state index in [4.69, 9.17) is 10.5 Å². The molecular formula is C22H31F2N3O4. The molecule has 1 saturated carbocycles. The number of allylic oxidation sites excluding steroid dienone is 1. The van der Waals surface area contributed by atoms with Gasteiger partial charge in [-0.2, -0.15) is 0 Å². The van der Waals surface area contributed by atoms with E-state index in [1.165, 1.54) is 24.3 Å². The fourth-order valence-electron chi connectivity index (χ4n) is 3.78. The number of nitrogen functional groups attached to an aromatic ring is 1. The van der Waals surface area contributed by atoms with E-state index in [2.05, 4.69) is 9.72 Å². The Hall–Kier alpha value is -2.71. The van der Waals surface area contributed by atoms with Gasteiger partial charge in [-0.3, -0.25) is 4.90 Å². The van der Waals surface area contributed by atoms with E-state index in [0.29, 0.717) is 17.7 Å². The molecule has 31 heavy (non-hydrogen) atoms. The van der Waals surface area contributed by atoms with E-state index in [1.807, 2.05) is 13.8 Å². The van der Waals surface area contributed by atoms with Crippen LogP contribution in [0.2, 0.25) is 0 Å². The van der Waals surface area contributed by atoms with Crippen molar-refractivity contribution in [2.45, 2.75) is 65.4 Å². The summed E-state index contributed by atoms with van der Waals surface area (Å²) in [6.07, 6.45) is 2.27. The van der Waals surface area contributed by atoms with Gasteiger partial charge in [-0.1, -0.05) is 19.9 Å². The van der Waals surface area contributed by atoms with Crippen molar-refractivity contribution in [2.24, 2.45) is 5.41 Å². The van der Waals surface area contributed by atoms with E-state index in [1.54, 1.807) is 26.8 Å². The molecule has 7 nitrogen and oxygen atoms in total. The molecular weight excluding hydrogens is 408 g/mol. The Labute approximate surface area is 181 Å². The first-order valence-electron chi connectivity index (χ1n) is 10.3. The number of aromatic nitrogens is 1. The molecule has 2 N–H and O–H groups in total. The Morgan fingerprint density at radius 1 is 1.23 bits per heavy atom. The van der Waals surface area contributed by atoms with Crippen LogP contribution < -0.4 is 5.73 Å². The predicted octanol–water partition coefficient (Wildman–Crippen LogP) is 4.87. The van der Waals surface area contributed by atoms with Gasteiger partial charge in [0.25, 0.3) is 0 Å². The zero-order valence-corrected chi connectivity index (χ0v) is 18.9. The lowest BCUT2D eigenvalue weighted by molar-refractivity contribution is -0.146. The molecule has 3 rings (SSSR count). The molecule has 2 aliphatic rings. The number of hydrogen-bond donors (Lipinski definition) is 1. The van der Waals surface area contributed by atoms with Gasteiger partial charge in [0.1, 0.15) is 11.3 Å². The number of rotatable bonds is 2. The van der Waals surface area contributed by atoms with Crippen molar-refractivity contribution in [3.05, 3.63) is 29.6 Å². The number of carbonyl (C=O) groups is 2. The summed E-state index contributed by atoms with van der Waals surface area (Å²) in [6, 6.07) is 1.34. The second-order valence-corrected chi connectivity index (χ2v) is 8.63. The van der Waals surface area contributed by atoms with E-state index >= 15 is 0 Å². The smallest absolute Gasteiger partial charge is 0.414 e. The zero-order chi connectivity index (χ0) is 23.6. The summed E-state index contributed by atoms with van der Waals surface area (Å²) in [5, 5.41) is 0. The number of ether oxygens (including phenoxy) is 2. The minimum atomic E-state index is -2.71. The number of esters is 1. The zero-order valence-electron chi connectivity index (χ0n) is 18.9. The summed E-state index contributed by atoms with van der Waals surface area (Å²) in [6.45, 7) is 9.45. The Morgan fingerprint density at radius 2 is 1.84 bits per heavy atom. The number of alkyl halides is 2. The van der Waals surface area contributed by atoms with Crippen LogP contribution >= 0.6 is 0 Å². The lowest BCUT2D eigenvalue weighted by Crippen LogP contribution is -2.50. The first-order valence-corrected chi connectivity index (χ1v) is 10.3. The molecule has 1 aliphatic carbocycles. The number of amides is 1. The molecule has 1 spiro atoms. The number of carbonyl (C=O) groups excluding carboxylic acids is 2. The van der Waals surface area contributed by atoms with Gasteiger partial charge in [0.2, 0.25) is 5.92 Å². The number of pyridine rings is 1. The van der Waals surface area contributed by atoms with E-state index in [-0.39, 0.29) is 30.8 Å². The normalized spacial score (nSPS) is 18.8. The molecule has 0 unspecified atom stereocenters. The van der Waals surface area contributed by atoms with Crippen LogP contribution in [0.25, 0.3) is 5.70 Å². The van der Waals surface area contributed by atoms with Crippen molar-refractivity contribution in [3.8, 4) is 0 Å². The van der Waals surface area contributed by atoms with Gasteiger partial charge in [0.05, 0.1) is 12.8 Å². The highest BCUT2D eigenvalue weighted by molar-refractivity contribution is 5.91. The van der Waals surface area contributed by atoms with Crippen LogP contribution in [0.15, 0.2) is 18.3 Å². The third-order valence-corrected chi connectivity index (χ3v) is 5.01. The molecule has 2 heterocycles. The lowest BCUT2D eigenvalue weighted by Gasteiger charge is -2.49. The van der Waals surface area contributed by atoms with Gasteiger partial charge in [-0.15, -0.1) is 0 Å². The molecule has 172 valence electrons. The Bertz CT molecular complexity index is 870. The standard InChI is InChI=1S/C20H25F2N3O4.C2H6/c1-18(2,3)29-17(27)25-6-5-19(10-20(21,22)11-19)8-15(25)12-9-24-14(7-13(12)23)16(26)28-4;1-2/h7-9H,5-6,10-11H2,1-4H3,(H2,23,24);1-2H3. The minimum Gasteiger partial charge on any atom is -0.464 e. The summed E-state index contributed by atoms with van der Waals surface area (Å²) in [5.74, 6) is -3.37. The highest BCUT2D eigenvalue weighted by Crippen LogP contribution is 2.57. The topological polar surface area (TPSA) is 94.8 Å². The van der Waals surface area contributed by atoms with Gasteiger partial charge >= 0.3 is 12.1 Å². The van der Waals surface area contributed by atoms with Crippen LogP contribution in [0.5, 0.6) is 0 Å². The van der Waals surface area contributed by atoms with Gasteiger partial charge in [-0.25, -0.2) is 23.4 Å². The van der Waals surface area contributed by atoms with Crippen molar-refractivity contribution < 1.29 is 27.8 Å². The minimum absolute atomic E-state index is 0.0128. The first kappa shape index (κ1) is 24.6. The fourth-order valence-corrected chi connectivity index (χ4v) is 3.78. The first-order chi connectivity index (χ1) is 14.3. The van der Waals surface area contributed by atoms with Crippen LogP contribution in [0.4, 0.5) is 19.3 Å². The van der Waals surface area contributed by atoms with E-state index < -0.39 is 29.0 Å².